The van der Waals surface area contributed by atoms with E-state index in [9.17, 15) is 18.1 Å². The third kappa shape index (κ3) is 2.11. The number of alkyl halides is 3. The van der Waals surface area contributed by atoms with Gasteiger partial charge in [-0.05, 0) is 36.4 Å². The maximum Gasteiger partial charge on any atom is 0.416 e. The minimum Gasteiger partial charge on any atom is -0.236 e. The van der Waals surface area contributed by atoms with Crippen LogP contribution in [0.15, 0.2) is 35.6 Å². The molecule has 0 aliphatic carbocycles. The number of nitroso groups, excluding NO2 is 1. The van der Waals surface area contributed by atoms with Crippen LogP contribution in [0.25, 0.3) is 5.69 Å². The zero-order valence-electron chi connectivity index (χ0n) is 9.27. The highest BCUT2D eigenvalue weighted by Gasteiger charge is 2.31. The summed E-state index contributed by atoms with van der Waals surface area (Å²) in [6.45, 7) is 1.72. The van der Waals surface area contributed by atoms with Gasteiger partial charge in [0, 0.05) is 11.9 Å². The number of nitrogens with zero attached hydrogens (tertiary/aromatic N) is 3. The highest BCUT2D eigenvalue weighted by atomic mass is 19.4. The SMILES string of the molecule is Cc1ccnn1-c1ccc(C(F)(F)F)cc1N=O. The Kier molecular flexibility index (Phi) is 2.90. The molecule has 0 amide bonds. The van der Waals surface area contributed by atoms with Gasteiger partial charge in [-0.1, -0.05) is 0 Å². The molecule has 2 rings (SSSR count). The average molecular weight is 255 g/mol. The van der Waals surface area contributed by atoms with E-state index in [0.29, 0.717) is 11.8 Å². The summed E-state index contributed by atoms with van der Waals surface area (Å²) < 4.78 is 38.8. The fourth-order valence-corrected chi connectivity index (χ4v) is 1.57. The molecule has 94 valence electrons. The summed E-state index contributed by atoms with van der Waals surface area (Å²) in [5.74, 6) is 0. The van der Waals surface area contributed by atoms with Crippen molar-refractivity contribution in [1.82, 2.24) is 9.78 Å². The van der Waals surface area contributed by atoms with Crippen LogP contribution in [0, 0.1) is 11.8 Å². The Morgan fingerprint density at radius 2 is 2.00 bits per heavy atom. The molecule has 0 radical (unpaired) electrons. The van der Waals surface area contributed by atoms with Crippen LogP contribution >= 0.6 is 0 Å². The van der Waals surface area contributed by atoms with Crippen LogP contribution in [0.3, 0.4) is 0 Å². The van der Waals surface area contributed by atoms with E-state index in [-0.39, 0.29) is 11.4 Å². The molecule has 0 spiro atoms. The van der Waals surface area contributed by atoms with Crippen molar-refractivity contribution in [2.75, 3.05) is 0 Å². The monoisotopic (exact) mass is 255 g/mol. The molecule has 7 heteroatoms. The molecule has 0 aliphatic heterocycles. The van der Waals surface area contributed by atoms with E-state index in [1.807, 2.05) is 0 Å². The Labute approximate surface area is 100 Å². The van der Waals surface area contributed by atoms with E-state index < -0.39 is 11.7 Å². The number of hydrogen-bond donors (Lipinski definition) is 0. The summed E-state index contributed by atoms with van der Waals surface area (Å²) in [6, 6.07) is 4.46. The Morgan fingerprint density at radius 1 is 1.28 bits per heavy atom. The van der Waals surface area contributed by atoms with Crippen LogP contribution in [-0.4, -0.2) is 9.78 Å². The maximum atomic E-state index is 12.5. The molecule has 2 aromatic rings. The van der Waals surface area contributed by atoms with Crippen molar-refractivity contribution in [2.45, 2.75) is 13.1 Å². The standard InChI is InChI=1S/C11H8F3N3O/c1-7-4-5-15-17(7)10-3-2-8(11(12,13)14)6-9(10)16-18/h2-6H,1H3. The molecule has 1 heterocycles. The molecule has 0 aliphatic rings. The molecule has 0 unspecified atom stereocenters. The van der Waals surface area contributed by atoms with E-state index in [2.05, 4.69) is 10.3 Å². The number of benzene rings is 1. The predicted molar refractivity (Wildman–Crippen MR) is 58.8 cm³/mol. The molecule has 1 aromatic heterocycles. The Hall–Kier alpha value is -2.18. The van der Waals surface area contributed by atoms with Crippen LogP contribution in [0.1, 0.15) is 11.3 Å². The second-order valence-corrected chi connectivity index (χ2v) is 3.68. The first kappa shape index (κ1) is 12.3. The molecule has 0 bridgehead atoms. The van der Waals surface area contributed by atoms with Gasteiger partial charge in [0.25, 0.3) is 0 Å². The van der Waals surface area contributed by atoms with Gasteiger partial charge in [0.05, 0.1) is 11.3 Å². The summed E-state index contributed by atoms with van der Waals surface area (Å²) in [4.78, 5) is 10.7. The van der Waals surface area contributed by atoms with Crippen molar-refractivity contribution < 1.29 is 13.2 Å². The van der Waals surface area contributed by atoms with Crippen molar-refractivity contribution >= 4 is 5.69 Å². The molecular weight excluding hydrogens is 247 g/mol. The van der Waals surface area contributed by atoms with Crippen LogP contribution in [-0.2, 0) is 6.18 Å². The summed E-state index contributed by atoms with van der Waals surface area (Å²) >= 11 is 0. The summed E-state index contributed by atoms with van der Waals surface area (Å²) in [5, 5.41) is 6.55. The molecular formula is C11H8F3N3O. The molecule has 0 atom stereocenters. The third-order valence-corrected chi connectivity index (χ3v) is 2.46. The molecule has 0 N–H and O–H groups in total. The van der Waals surface area contributed by atoms with Crippen molar-refractivity contribution in [1.29, 1.82) is 0 Å². The van der Waals surface area contributed by atoms with Crippen LogP contribution < -0.4 is 0 Å². The fourth-order valence-electron chi connectivity index (χ4n) is 1.57. The first-order valence-corrected chi connectivity index (χ1v) is 4.99. The van der Waals surface area contributed by atoms with Gasteiger partial charge in [-0.15, -0.1) is 4.91 Å². The topological polar surface area (TPSA) is 47.2 Å². The van der Waals surface area contributed by atoms with Gasteiger partial charge in [-0.3, -0.25) is 0 Å². The first-order valence-electron chi connectivity index (χ1n) is 4.99. The lowest BCUT2D eigenvalue weighted by Gasteiger charge is -2.10. The second kappa shape index (κ2) is 4.25. The average Bonchev–Trinajstić information content (AvgIpc) is 2.73. The number of aryl methyl sites for hydroxylation is 1. The second-order valence-electron chi connectivity index (χ2n) is 3.68. The lowest BCUT2D eigenvalue weighted by Crippen LogP contribution is -2.06. The van der Waals surface area contributed by atoms with Crippen molar-refractivity contribution in [2.24, 2.45) is 5.18 Å². The largest absolute Gasteiger partial charge is 0.416 e. The molecule has 4 nitrogen and oxygen atoms in total. The first-order chi connectivity index (χ1) is 8.43. The van der Waals surface area contributed by atoms with E-state index >= 15 is 0 Å². The van der Waals surface area contributed by atoms with E-state index in [1.165, 1.54) is 16.9 Å². The summed E-state index contributed by atoms with van der Waals surface area (Å²) in [5.41, 5.74) is -0.289. The number of rotatable bonds is 2. The van der Waals surface area contributed by atoms with Crippen LogP contribution in [0.4, 0.5) is 18.9 Å². The van der Waals surface area contributed by atoms with Gasteiger partial charge in [0.1, 0.15) is 5.69 Å². The lowest BCUT2D eigenvalue weighted by atomic mass is 10.1. The van der Waals surface area contributed by atoms with Gasteiger partial charge < -0.3 is 0 Å². The van der Waals surface area contributed by atoms with Gasteiger partial charge in [-0.25, -0.2) is 4.68 Å². The quantitative estimate of drug-likeness (QED) is 0.770. The number of aromatic nitrogens is 2. The minimum absolute atomic E-state index is 0.223. The summed E-state index contributed by atoms with van der Waals surface area (Å²) in [6.07, 6.45) is -3.02. The van der Waals surface area contributed by atoms with E-state index in [1.54, 1.807) is 13.0 Å². The van der Waals surface area contributed by atoms with E-state index in [4.69, 9.17) is 0 Å². The van der Waals surface area contributed by atoms with Gasteiger partial charge >= 0.3 is 6.18 Å². The third-order valence-electron chi connectivity index (χ3n) is 2.46. The smallest absolute Gasteiger partial charge is 0.236 e. The maximum absolute atomic E-state index is 12.5. The Bertz CT molecular complexity index is 589. The Balaban J connectivity index is 2.58. The zero-order chi connectivity index (χ0) is 13.3. The number of hydrogen-bond acceptors (Lipinski definition) is 3. The van der Waals surface area contributed by atoms with Gasteiger partial charge in [-0.2, -0.15) is 18.3 Å². The van der Waals surface area contributed by atoms with Gasteiger partial charge in [0.2, 0.25) is 0 Å². The van der Waals surface area contributed by atoms with Crippen molar-refractivity contribution in [3.63, 3.8) is 0 Å². The molecule has 1 aromatic carbocycles. The molecule has 18 heavy (non-hydrogen) atoms. The normalized spacial score (nSPS) is 11.6. The Morgan fingerprint density at radius 3 is 2.50 bits per heavy atom. The lowest BCUT2D eigenvalue weighted by molar-refractivity contribution is -0.137. The number of halogens is 3. The summed E-state index contributed by atoms with van der Waals surface area (Å²) in [7, 11) is 0. The molecule has 0 saturated carbocycles. The molecule has 0 fully saturated rings. The minimum atomic E-state index is -4.50. The van der Waals surface area contributed by atoms with E-state index in [0.717, 1.165) is 6.07 Å². The van der Waals surface area contributed by atoms with Gasteiger partial charge in [0.15, 0.2) is 0 Å². The fraction of sp³-hybridized carbons (Fsp3) is 0.182. The van der Waals surface area contributed by atoms with Crippen LogP contribution in [0.2, 0.25) is 0 Å². The predicted octanol–water partition coefficient (Wildman–Crippen LogP) is 3.60. The van der Waals surface area contributed by atoms with Crippen molar-refractivity contribution in [3.05, 3.63) is 46.6 Å². The highest BCUT2D eigenvalue weighted by molar-refractivity contribution is 5.59. The van der Waals surface area contributed by atoms with Crippen LogP contribution in [0.5, 0.6) is 0 Å². The van der Waals surface area contributed by atoms with Crippen molar-refractivity contribution in [3.8, 4) is 5.69 Å². The zero-order valence-corrected chi connectivity index (χ0v) is 9.27. The highest BCUT2D eigenvalue weighted by Crippen LogP contribution is 2.34. The molecule has 0 saturated heterocycles.